The lowest BCUT2D eigenvalue weighted by Gasteiger charge is -2.05. The molecule has 1 aromatic carbocycles. The molecule has 0 atom stereocenters. The van der Waals surface area contributed by atoms with E-state index < -0.39 is 5.82 Å². The Morgan fingerprint density at radius 2 is 2.28 bits per heavy atom. The number of nitrogens with zero attached hydrogens (tertiary/aromatic N) is 2. The van der Waals surface area contributed by atoms with E-state index >= 15 is 0 Å². The zero-order valence-corrected chi connectivity index (χ0v) is 10.2. The van der Waals surface area contributed by atoms with Gasteiger partial charge in [0.2, 0.25) is 0 Å². The van der Waals surface area contributed by atoms with Crippen molar-refractivity contribution in [2.24, 2.45) is 7.05 Å². The van der Waals surface area contributed by atoms with Gasteiger partial charge in [0.1, 0.15) is 17.4 Å². The van der Waals surface area contributed by atoms with E-state index in [2.05, 4.69) is 4.98 Å². The minimum absolute atomic E-state index is 0.0544. The first-order valence-corrected chi connectivity index (χ1v) is 5.44. The first kappa shape index (κ1) is 12.3. The fourth-order valence-corrected chi connectivity index (χ4v) is 1.65. The Balaban J connectivity index is 2.22. The van der Waals surface area contributed by atoms with Crippen LogP contribution in [0.25, 0.3) is 0 Å². The zero-order valence-electron chi connectivity index (χ0n) is 10.2. The number of ketones is 1. The van der Waals surface area contributed by atoms with E-state index in [-0.39, 0.29) is 17.8 Å². The van der Waals surface area contributed by atoms with Gasteiger partial charge in [0.25, 0.3) is 0 Å². The van der Waals surface area contributed by atoms with Crippen LogP contribution in [0.2, 0.25) is 0 Å². The predicted molar refractivity (Wildman–Crippen MR) is 64.2 cm³/mol. The van der Waals surface area contributed by atoms with Crippen LogP contribution in [0.4, 0.5) is 4.39 Å². The molecule has 94 valence electrons. The molecule has 0 spiro atoms. The maximum Gasteiger partial charge on any atom is 0.173 e. The van der Waals surface area contributed by atoms with Crippen molar-refractivity contribution >= 4 is 5.78 Å². The van der Waals surface area contributed by atoms with Crippen LogP contribution in [0.5, 0.6) is 5.75 Å². The molecule has 5 heteroatoms. The molecule has 0 saturated heterocycles. The molecule has 0 radical (unpaired) electrons. The number of aryl methyl sites for hydroxylation is 1. The summed E-state index contributed by atoms with van der Waals surface area (Å²) < 4.78 is 20.3. The van der Waals surface area contributed by atoms with Gasteiger partial charge in [-0.3, -0.25) is 4.79 Å². The third kappa shape index (κ3) is 2.40. The monoisotopic (exact) mass is 248 g/mol. The summed E-state index contributed by atoms with van der Waals surface area (Å²) in [5.74, 6) is 0.120. The van der Waals surface area contributed by atoms with Crippen LogP contribution in [0.3, 0.4) is 0 Å². The minimum atomic E-state index is -0.575. The average Bonchev–Trinajstić information content (AvgIpc) is 2.74. The number of imidazole rings is 1. The van der Waals surface area contributed by atoms with Crippen LogP contribution in [-0.2, 0) is 13.5 Å². The van der Waals surface area contributed by atoms with Crippen molar-refractivity contribution in [2.75, 3.05) is 7.11 Å². The molecule has 0 aliphatic rings. The number of hydrogen-bond acceptors (Lipinski definition) is 3. The average molecular weight is 248 g/mol. The maximum absolute atomic E-state index is 13.7. The van der Waals surface area contributed by atoms with Crippen molar-refractivity contribution < 1.29 is 13.9 Å². The molecule has 0 aliphatic heterocycles. The van der Waals surface area contributed by atoms with Gasteiger partial charge in [-0.15, -0.1) is 0 Å². The standard InChI is InChI=1S/C13H13FN2O2/c1-16-6-5-15-13(16)8-12(17)10-4-3-9(18-2)7-11(10)14/h3-7H,8H2,1-2H3. The molecule has 0 bridgehead atoms. The second kappa shape index (κ2) is 5.00. The fraction of sp³-hybridized carbons (Fsp3) is 0.231. The topological polar surface area (TPSA) is 44.1 Å². The number of carbonyl (C=O) groups excluding carboxylic acids is 1. The molecule has 2 aromatic rings. The highest BCUT2D eigenvalue weighted by atomic mass is 19.1. The quantitative estimate of drug-likeness (QED) is 0.777. The summed E-state index contributed by atoms with van der Waals surface area (Å²) >= 11 is 0. The van der Waals surface area contributed by atoms with E-state index in [0.717, 1.165) is 0 Å². The largest absolute Gasteiger partial charge is 0.497 e. The lowest BCUT2D eigenvalue weighted by Crippen LogP contribution is -2.10. The second-order valence-corrected chi connectivity index (χ2v) is 3.90. The molecule has 1 aromatic heterocycles. The third-order valence-corrected chi connectivity index (χ3v) is 2.72. The van der Waals surface area contributed by atoms with Crippen molar-refractivity contribution in [3.63, 3.8) is 0 Å². The van der Waals surface area contributed by atoms with Gasteiger partial charge in [0.05, 0.1) is 19.1 Å². The number of benzene rings is 1. The van der Waals surface area contributed by atoms with Gasteiger partial charge in [-0.2, -0.15) is 0 Å². The van der Waals surface area contributed by atoms with Gasteiger partial charge in [-0.1, -0.05) is 0 Å². The number of Topliss-reactive ketones (excluding diaryl/α,β-unsaturated/α-hetero) is 1. The second-order valence-electron chi connectivity index (χ2n) is 3.90. The lowest BCUT2D eigenvalue weighted by atomic mass is 10.1. The van der Waals surface area contributed by atoms with E-state index in [1.807, 2.05) is 0 Å². The van der Waals surface area contributed by atoms with Crippen molar-refractivity contribution in [2.45, 2.75) is 6.42 Å². The predicted octanol–water partition coefficient (Wildman–Crippen LogP) is 1.99. The van der Waals surface area contributed by atoms with Gasteiger partial charge in [-0.05, 0) is 12.1 Å². The molecule has 0 amide bonds. The Morgan fingerprint density at radius 3 is 2.83 bits per heavy atom. The summed E-state index contributed by atoms with van der Waals surface area (Å²) in [6.45, 7) is 0. The summed E-state index contributed by atoms with van der Waals surface area (Å²) in [5.41, 5.74) is 0.0544. The van der Waals surface area contributed by atoms with E-state index in [9.17, 15) is 9.18 Å². The Kier molecular flexibility index (Phi) is 3.41. The minimum Gasteiger partial charge on any atom is -0.497 e. The first-order chi connectivity index (χ1) is 8.61. The number of carbonyl (C=O) groups is 1. The molecule has 0 fully saturated rings. The number of methoxy groups -OCH3 is 1. The molecule has 1 heterocycles. The van der Waals surface area contributed by atoms with Crippen LogP contribution >= 0.6 is 0 Å². The van der Waals surface area contributed by atoms with E-state index in [1.54, 1.807) is 30.1 Å². The summed E-state index contributed by atoms with van der Waals surface area (Å²) in [7, 11) is 3.24. The van der Waals surface area contributed by atoms with Crippen LogP contribution in [0.1, 0.15) is 16.2 Å². The van der Waals surface area contributed by atoms with Crippen molar-refractivity contribution in [3.05, 3.63) is 47.8 Å². The van der Waals surface area contributed by atoms with E-state index in [0.29, 0.717) is 11.6 Å². The molecule has 0 N–H and O–H groups in total. The molecule has 4 nitrogen and oxygen atoms in total. The molecule has 18 heavy (non-hydrogen) atoms. The van der Waals surface area contributed by atoms with Crippen molar-refractivity contribution in [1.82, 2.24) is 9.55 Å². The van der Waals surface area contributed by atoms with Crippen molar-refractivity contribution in [3.8, 4) is 5.75 Å². The van der Waals surface area contributed by atoms with Crippen molar-refractivity contribution in [1.29, 1.82) is 0 Å². The normalized spacial score (nSPS) is 10.4. The van der Waals surface area contributed by atoms with Gasteiger partial charge in [0.15, 0.2) is 5.78 Å². The van der Waals surface area contributed by atoms with Gasteiger partial charge >= 0.3 is 0 Å². The summed E-state index contributed by atoms with van der Waals surface area (Å²) in [6.07, 6.45) is 3.42. The number of aromatic nitrogens is 2. The number of hydrogen-bond donors (Lipinski definition) is 0. The van der Waals surface area contributed by atoms with E-state index in [1.165, 1.54) is 19.2 Å². The molecule has 2 rings (SSSR count). The Bertz CT molecular complexity index is 578. The maximum atomic E-state index is 13.7. The molecule has 0 unspecified atom stereocenters. The first-order valence-electron chi connectivity index (χ1n) is 5.44. The highest BCUT2D eigenvalue weighted by Gasteiger charge is 2.15. The Hall–Kier alpha value is -2.17. The summed E-state index contributed by atoms with van der Waals surface area (Å²) in [5, 5.41) is 0. The molecule has 0 aliphatic carbocycles. The van der Waals surface area contributed by atoms with Gasteiger partial charge < -0.3 is 9.30 Å². The number of ether oxygens (including phenoxy) is 1. The fourth-order valence-electron chi connectivity index (χ4n) is 1.65. The van der Waals surface area contributed by atoms with Gasteiger partial charge in [0, 0.05) is 25.5 Å². The molecule has 0 saturated carbocycles. The van der Waals surface area contributed by atoms with Crippen LogP contribution in [-0.4, -0.2) is 22.4 Å². The molecular formula is C13H13FN2O2. The summed E-state index contributed by atoms with van der Waals surface area (Å²) in [4.78, 5) is 16.0. The zero-order chi connectivity index (χ0) is 13.1. The third-order valence-electron chi connectivity index (χ3n) is 2.72. The number of rotatable bonds is 4. The number of halogens is 1. The smallest absolute Gasteiger partial charge is 0.173 e. The van der Waals surface area contributed by atoms with Crippen LogP contribution in [0.15, 0.2) is 30.6 Å². The lowest BCUT2D eigenvalue weighted by molar-refractivity contribution is 0.0986. The molecular weight excluding hydrogens is 235 g/mol. The van der Waals surface area contributed by atoms with Crippen LogP contribution < -0.4 is 4.74 Å². The Labute approximate surface area is 104 Å². The van der Waals surface area contributed by atoms with E-state index in [4.69, 9.17) is 4.74 Å². The summed E-state index contributed by atoms with van der Waals surface area (Å²) in [6, 6.07) is 4.19. The van der Waals surface area contributed by atoms with Crippen LogP contribution in [0, 0.1) is 5.82 Å². The highest BCUT2D eigenvalue weighted by molar-refractivity contribution is 5.97. The van der Waals surface area contributed by atoms with Gasteiger partial charge in [-0.25, -0.2) is 9.37 Å². The highest BCUT2D eigenvalue weighted by Crippen LogP contribution is 2.17. The Morgan fingerprint density at radius 1 is 1.50 bits per heavy atom. The SMILES string of the molecule is COc1ccc(C(=O)Cc2nccn2C)c(F)c1.